The molecule has 0 atom stereocenters. The Kier molecular flexibility index (Phi) is 2.36. The van der Waals surface area contributed by atoms with E-state index in [2.05, 4.69) is 4.98 Å². The van der Waals surface area contributed by atoms with Gasteiger partial charge in [0.1, 0.15) is 11.8 Å². The normalized spacial score (nSPS) is 12.4. The van der Waals surface area contributed by atoms with Crippen molar-refractivity contribution in [3.05, 3.63) is 24.5 Å². The van der Waals surface area contributed by atoms with Crippen molar-refractivity contribution < 1.29 is 13.6 Å². The molecular weight excluding hydrogens is 230 g/mol. The number of benzene rings is 1. The second kappa shape index (κ2) is 3.46. The van der Waals surface area contributed by atoms with Crippen molar-refractivity contribution in [1.82, 2.24) is 14.0 Å². The van der Waals surface area contributed by atoms with E-state index in [4.69, 9.17) is 0 Å². The zero-order chi connectivity index (χ0) is 11.9. The lowest BCUT2D eigenvalue weighted by Gasteiger charge is -2.10. The van der Waals surface area contributed by atoms with Crippen LogP contribution in [0.2, 0.25) is 0 Å². The first-order valence-corrected chi connectivity index (χ1v) is 5.96. The molecule has 0 fully saturated rings. The predicted molar refractivity (Wildman–Crippen MR) is 57.8 cm³/mol. The van der Waals surface area contributed by atoms with E-state index in [1.807, 2.05) is 0 Å². The molecule has 1 N–H and O–H groups in total. The van der Waals surface area contributed by atoms with Gasteiger partial charge in [-0.3, -0.25) is 0 Å². The third-order valence-electron chi connectivity index (χ3n) is 2.28. The van der Waals surface area contributed by atoms with Gasteiger partial charge in [0.2, 0.25) is 10.0 Å². The van der Waals surface area contributed by atoms with Gasteiger partial charge in [-0.15, -0.1) is 0 Å². The minimum absolute atomic E-state index is 0.126. The highest BCUT2D eigenvalue weighted by molar-refractivity contribution is 7.89. The lowest BCUT2D eigenvalue weighted by atomic mass is 10.3. The fourth-order valence-electron chi connectivity index (χ4n) is 1.35. The van der Waals surface area contributed by atoms with Crippen molar-refractivity contribution in [2.75, 3.05) is 14.1 Å². The summed E-state index contributed by atoms with van der Waals surface area (Å²) in [6.45, 7) is 0. The Morgan fingerprint density at radius 1 is 1.38 bits per heavy atom. The average molecular weight is 241 g/mol. The zero-order valence-electron chi connectivity index (χ0n) is 8.82. The van der Waals surface area contributed by atoms with Crippen LogP contribution < -0.4 is 0 Å². The lowest BCUT2D eigenvalue weighted by molar-refractivity contribution is 0.198. The standard InChI is InChI=1S/C9H11N3O3S/c1-11(2)16(14,15)7-3-4-8-9(5-7)12(13)6-10-8/h3-6,13H,1-2H3. The molecule has 0 radical (unpaired) electrons. The van der Waals surface area contributed by atoms with E-state index < -0.39 is 10.0 Å². The quantitative estimate of drug-likeness (QED) is 0.778. The Bertz CT molecular complexity index is 630. The van der Waals surface area contributed by atoms with Crippen LogP contribution in [-0.4, -0.2) is 41.7 Å². The molecule has 16 heavy (non-hydrogen) atoms. The lowest BCUT2D eigenvalue weighted by Crippen LogP contribution is -2.22. The predicted octanol–water partition coefficient (Wildman–Crippen LogP) is 0.524. The van der Waals surface area contributed by atoms with Crippen molar-refractivity contribution >= 4 is 21.1 Å². The van der Waals surface area contributed by atoms with Crippen molar-refractivity contribution in [2.45, 2.75) is 4.90 Å². The summed E-state index contributed by atoms with van der Waals surface area (Å²) in [6.07, 6.45) is 1.22. The molecule has 0 aliphatic rings. The molecule has 1 heterocycles. The van der Waals surface area contributed by atoms with Gasteiger partial charge in [0.15, 0.2) is 0 Å². The van der Waals surface area contributed by atoms with Gasteiger partial charge in [0, 0.05) is 14.1 Å². The van der Waals surface area contributed by atoms with E-state index >= 15 is 0 Å². The summed E-state index contributed by atoms with van der Waals surface area (Å²) in [5, 5.41) is 9.39. The summed E-state index contributed by atoms with van der Waals surface area (Å²) in [6, 6.07) is 4.40. The van der Waals surface area contributed by atoms with Crippen molar-refractivity contribution in [3.8, 4) is 0 Å². The van der Waals surface area contributed by atoms with Gasteiger partial charge in [-0.25, -0.2) is 17.7 Å². The van der Waals surface area contributed by atoms with Gasteiger partial charge in [-0.2, -0.15) is 4.73 Å². The van der Waals surface area contributed by atoms with E-state index in [9.17, 15) is 13.6 Å². The van der Waals surface area contributed by atoms with E-state index in [1.54, 1.807) is 6.07 Å². The number of hydrogen-bond donors (Lipinski definition) is 1. The molecule has 2 aromatic rings. The first kappa shape index (κ1) is 10.9. The Hall–Kier alpha value is -1.60. The van der Waals surface area contributed by atoms with Crippen LogP contribution in [0.25, 0.3) is 11.0 Å². The summed E-state index contributed by atoms with van der Waals surface area (Å²) < 4.78 is 25.6. The molecular formula is C9H11N3O3S. The van der Waals surface area contributed by atoms with E-state index in [0.717, 1.165) is 9.04 Å². The Morgan fingerprint density at radius 2 is 2.06 bits per heavy atom. The van der Waals surface area contributed by atoms with Gasteiger partial charge >= 0.3 is 0 Å². The molecule has 1 aromatic carbocycles. The van der Waals surface area contributed by atoms with Gasteiger partial charge in [-0.1, -0.05) is 0 Å². The van der Waals surface area contributed by atoms with Crippen LogP contribution in [0.1, 0.15) is 0 Å². The second-order valence-corrected chi connectivity index (χ2v) is 5.68. The number of imidazole rings is 1. The third-order valence-corrected chi connectivity index (χ3v) is 4.09. The van der Waals surface area contributed by atoms with Gasteiger partial charge < -0.3 is 5.21 Å². The molecule has 86 valence electrons. The zero-order valence-corrected chi connectivity index (χ0v) is 9.64. The maximum Gasteiger partial charge on any atom is 0.242 e. The SMILES string of the molecule is CN(C)S(=O)(=O)c1ccc2ncn(O)c2c1. The minimum atomic E-state index is -3.48. The largest absolute Gasteiger partial charge is 0.427 e. The molecule has 0 amide bonds. The maximum atomic E-state index is 11.8. The third kappa shape index (κ3) is 1.54. The van der Waals surface area contributed by atoms with Crippen LogP contribution >= 0.6 is 0 Å². The van der Waals surface area contributed by atoms with Crippen LogP contribution in [0.4, 0.5) is 0 Å². The van der Waals surface area contributed by atoms with Crippen molar-refractivity contribution in [2.24, 2.45) is 0 Å². The van der Waals surface area contributed by atoms with Crippen LogP contribution in [-0.2, 0) is 10.0 Å². The van der Waals surface area contributed by atoms with Crippen LogP contribution in [0.15, 0.2) is 29.4 Å². The molecule has 0 bridgehead atoms. The first-order valence-electron chi connectivity index (χ1n) is 4.52. The van der Waals surface area contributed by atoms with Gasteiger partial charge in [-0.05, 0) is 18.2 Å². The summed E-state index contributed by atoms with van der Waals surface area (Å²) in [7, 11) is -0.574. The molecule has 0 saturated heterocycles. The average Bonchev–Trinajstić information content (AvgIpc) is 2.60. The van der Waals surface area contributed by atoms with Crippen LogP contribution in [0.3, 0.4) is 0 Å². The van der Waals surface area contributed by atoms with Crippen LogP contribution in [0, 0.1) is 0 Å². The Balaban J connectivity index is 2.68. The minimum Gasteiger partial charge on any atom is -0.427 e. The Labute approximate surface area is 92.8 Å². The number of hydrogen-bond acceptors (Lipinski definition) is 4. The summed E-state index contributed by atoms with van der Waals surface area (Å²) in [5.74, 6) is 0. The fraction of sp³-hybridized carbons (Fsp3) is 0.222. The summed E-state index contributed by atoms with van der Waals surface area (Å²) in [5.41, 5.74) is 0.906. The van der Waals surface area contributed by atoms with Crippen molar-refractivity contribution in [3.63, 3.8) is 0 Å². The molecule has 1 aromatic heterocycles. The number of fused-ring (bicyclic) bond motifs is 1. The van der Waals surface area contributed by atoms with Crippen LogP contribution in [0.5, 0.6) is 0 Å². The molecule has 2 rings (SSSR count). The molecule has 0 saturated carbocycles. The molecule has 0 unspecified atom stereocenters. The molecule has 0 aliphatic heterocycles. The molecule has 7 heteroatoms. The fourth-order valence-corrected chi connectivity index (χ4v) is 2.27. The van der Waals surface area contributed by atoms with E-state index in [1.165, 1.54) is 32.6 Å². The number of aromatic nitrogens is 2. The molecule has 0 spiro atoms. The molecule has 0 aliphatic carbocycles. The van der Waals surface area contributed by atoms with Crippen molar-refractivity contribution in [1.29, 1.82) is 0 Å². The first-order chi connectivity index (χ1) is 7.43. The highest BCUT2D eigenvalue weighted by atomic mass is 32.2. The highest BCUT2D eigenvalue weighted by Crippen LogP contribution is 2.19. The maximum absolute atomic E-state index is 11.8. The number of rotatable bonds is 2. The smallest absolute Gasteiger partial charge is 0.242 e. The highest BCUT2D eigenvalue weighted by Gasteiger charge is 2.18. The number of sulfonamides is 1. The van der Waals surface area contributed by atoms with Gasteiger partial charge in [0.25, 0.3) is 0 Å². The van der Waals surface area contributed by atoms with E-state index in [-0.39, 0.29) is 4.90 Å². The topological polar surface area (TPSA) is 75.4 Å². The summed E-state index contributed by atoms with van der Waals surface area (Å²) >= 11 is 0. The van der Waals surface area contributed by atoms with Gasteiger partial charge in [0.05, 0.1) is 10.4 Å². The summed E-state index contributed by atoms with van der Waals surface area (Å²) in [4.78, 5) is 4.02. The number of nitrogens with zero attached hydrogens (tertiary/aromatic N) is 3. The monoisotopic (exact) mass is 241 g/mol. The molecule has 6 nitrogen and oxygen atoms in total. The van der Waals surface area contributed by atoms with E-state index in [0.29, 0.717) is 11.0 Å². The Morgan fingerprint density at radius 3 is 2.69 bits per heavy atom. The second-order valence-electron chi connectivity index (χ2n) is 3.53.